The lowest BCUT2D eigenvalue weighted by atomic mass is 9.81. The molecule has 3 unspecified atom stereocenters. The molecule has 130 valence electrons. The van der Waals surface area contributed by atoms with Crippen molar-refractivity contribution in [1.29, 1.82) is 0 Å². The van der Waals surface area contributed by atoms with E-state index in [1.165, 1.54) is 4.90 Å². The molecular formula is C16H26ClN3O3. The third-order valence-electron chi connectivity index (χ3n) is 5.22. The molecule has 0 aromatic carbocycles. The highest BCUT2D eigenvalue weighted by Crippen LogP contribution is 2.37. The van der Waals surface area contributed by atoms with Gasteiger partial charge in [-0.25, -0.2) is 0 Å². The van der Waals surface area contributed by atoms with Crippen LogP contribution in [0.2, 0.25) is 0 Å². The van der Waals surface area contributed by atoms with Crippen LogP contribution < -0.4 is 10.6 Å². The number of nitrogens with one attached hydrogen (secondary N) is 2. The first-order valence-corrected chi connectivity index (χ1v) is 8.49. The minimum atomic E-state index is -0.217. The lowest BCUT2D eigenvalue weighted by Crippen LogP contribution is -2.44. The fourth-order valence-electron chi connectivity index (χ4n) is 3.94. The van der Waals surface area contributed by atoms with Crippen LogP contribution in [0.1, 0.15) is 38.5 Å². The van der Waals surface area contributed by atoms with E-state index in [9.17, 15) is 14.4 Å². The molecule has 2 heterocycles. The van der Waals surface area contributed by atoms with E-state index >= 15 is 0 Å². The van der Waals surface area contributed by atoms with Crippen LogP contribution in [-0.4, -0.2) is 48.8 Å². The van der Waals surface area contributed by atoms with Crippen molar-refractivity contribution in [1.82, 2.24) is 15.5 Å². The van der Waals surface area contributed by atoms with Crippen molar-refractivity contribution in [2.24, 2.45) is 17.8 Å². The highest BCUT2D eigenvalue weighted by Gasteiger charge is 2.48. The average molecular weight is 344 g/mol. The molecule has 23 heavy (non-hydrogen) atoms. The Morgan fingerprint density at radius 3 is 2.30 bits per heavy atom. The molecule has 1 saturated carbocycles. The predicted molar refractivity (Wildman–Crippen MR) is 88.0 cm³/mol. The third-order valence-corrected chi connectivity index (χ3v) is 5.22. The minimum Gasteiger partial charge on any atom is -0.354 e. The van der Waals surface area contributed by atoms with Gasteiger partial charge in [-0.15, -0.1) is 12.4 Å². The summed E-state index contributed by atoms with van der Waals surface area (Å²) in [6, 6.07) is 0. The fraction of sp³-hybridized carbons (Fsp3) is 0.812. The van der Waals surface area contributed by atoms with E-state index in [1.807, 2.05) is 0 Å². The van der Waals surface area contributed by atoms with Crippen LogP contribution in [0.5, 0.6) is 0 Å². The molecule has 3 atom stereocenters. The van der Waals surface area contributed by atoms with Gasteiger partial charge in [0.15, 0.2) is 0 Å². The quantitative estimate of drug-likeness (QED) is 0.736. The van der Waals surface area contributed by atoms with E-state index in [2.05, 4.69) is 10.6 Å². The highest BCUT2D eigenvalue weighted by molar-refractivity contribution is 6.07. The van der Waals surface area contributed by atoms with Crippen LogP contribution >= 0.6 is 12.4 Å². The zero-order valence-electron chi connectivity index (χ0n) is 13.4. The monoisotopic (exact) mass is 343 g/mol. The number of amides is 3. The van der Waals surface area contributed by atoms with Gasteiger partial charge in [0.25, 0.3) is 0 Å². The van der Waals surface area contributed by atoms with Gasteiger partial charge in [0.05, 0.1) is 11.8 Å². The number of fused-ring (bicyclic) bond motifs is 1. The zero-order chi connectivity index (χ0) is 15.5. The van der Waals surface area contributed by atoms with Crippen molar-refractivity contribution in [3.05, 3.63) is 0 Å². The standard InChI is InChI=1S/C16H25N3O3.ClH/c20-14(18-9-11-4-3-7-17-8-11)10-19-15(21)12-5-1-2-6-13(12)16(19)22;/h11-13,17H,1-10H2,(H,18,20);1H. The molecule has 2 N–H and O–H groups in total. The molecule has 7 heteroatoms. The molecule has 3 aliphatic rings. The van der Waals surface area contributed by atoms with Crippen LogP contribution in [0, 0.1) is 17.8 Å². The summed E-state index contributed by atoms with van der Waals surface area (Å²) in [5.41, 5.74) is 0. The van der Waals surface area contributed by atoms with Gasteiger partial charge in [0.2, 0.25) is 17.7 Å². The molecule has 0 radical (unpaired) electrons. The topological polar surface area (TPSA) is 78.5 Å². The number of halogens is 1. The Bertz CT molecular complexity index is 441. The Labute approximate surface area is 143 Å². The predicted octanol–water partition coefficient (Wildman–Crippen LogP) is 0.699. The maximum absolute atomic E-state index is 12.3. The number of piperidine rings is 1. The molecular weight excluding hydrogens is 318 g/mol. The first-order chi connectivity index (χ1) is 10.7. The lowest BCUT2D eigenvalue weighted by Gasteiger charge is -2.23. The molecule has 0 bridgehead atoms. The fourth-order valence-corrected chi connectivity index (χ4v) is 3.94. The summed E-state index contributed by atoms with van der Waals surface area (Å²) in [4.78, 5) is 37.9. The molecule has 3 rings (SSSR count). The van der Waals surface area contributed by atoms with Gasteiger partial charge >= 0.3 is 0 Å². The van der Waals surface area contributed by atoms with E-state index < -0.39 is 0 Å². The summed E-state index contributed by atoms with van der Waals surface area (Å²) in [5, 5.41) is 6.19. The van der Waals surface area contributed by atoms with Crippen LogP contribution in [0.4, 0.5) is 0 Å². The molecule has 0 aromatic heterocycles. The Balaban J connectivity index is 0.00000192. The molecule has 2 aliphatic heterocycles. The summed E-state index contributed by atoms with van der Waals surface area (Å²) < 4.78 is 0. The first kappa shape index (κ1) is 18.2. The van der Waals surface area contributed by atoms with Crippen molar-refractivity contribution in [3.63, 3.8) is 0 Å². The van der Waals surface area contributed by atoms with Gasteiger partial charge < -0.3 is 10.6 Å². The van der Waals surface area contributed by atoms with E-state index in [1.54, 1.807) is 0 Å². The second-order valence-corrected chi connectivity index (χ2v) is 6.78. The SMILES string of the molecule is Cl.O=C(CN1C(=O)C2CCCCC2C1=O)NCC1CCCNC1. The number of likely N-dealkylation sites (tertiary alicyclic amines) is 1. The van der Waals surface area contributed by atoms with Gasteiger partial charge in [-0.05, 0) is 44.7 Å². The Hall–Kier alpha value is -1.14. The van der Waals surface area contributed by atoms with E-state index in [0.717, 1.165) is 51.6 Å². The summed E-state index contributed by atoms with van der Waals surface area (Å²) in [6.45, 7) is 2.48. The molecule has 3 amide bonds. The molecule has 6 nitrogen and oxygen atoms in total. The number of carbonyl (C=O) groups is 3. The van der Waals surface area contributed by atoms with Gasteiger partial charge in [-0.3, -0.25) is 19.3 Å². The van der Waals surface area contributed by atoms with Crippen LogP contribution in [0.25, 0.3) is 0 Å². The van der Waals surface area contributed by atoms with E-state index in [0.29, 0.717) is 12.5 Å². The number of imide groups is 1. The maximum atomic E-state index is 12.3. The zero-order valence-corrected chi connectivity index (χ0v) is 14.2. The van der Waals surface area contributed by atoms with Crippen molar-refractivity contribution in [3.8, 4) is 0 Å². The maximum Gasteiger partial charge on any atom is 0.240 e. The molecule has 0 spiro atoms. The molecule has 3 fully saturated rings. The van der Waals surface area contributed by atoms with Gasteiger partial charge in [0.1, 0.15) is 6.54 Å². The third kappa shape index (κ3) is 4.04. The second-order valence-electron chi connectivity index (χ2n) is 6.78. The summed E-state index contributed by atoms with van der Waals surface area (Å²) in [6.07, 6.45) is 5.85. The van der Waals surface area contributed by atoms with Crippen LogP contribution in [0.15, 0.2) is 0 Å². The van der Waals surface area contributed by atoms with Crippen molar-refractivity contribution < 1.29 is 14.4 Å². The first-order valence-electron chi connectivity index (χ1n) is 8.49. The molecule has 0 aromatic rings. The Morgan fingerprint density at radius 1 is 1.09 bits per heavy atom. The van der Waals surface area contributed by atoms with Gasteiger partial charge in [-0.1, -0.05) is 12.8 Å². The van der Waals surface area contributed by atoms with Crippen molar-refractivity contribution in [2.75, 3.05) is 26.2 Å². The van der Waals surface area contributed by atoms with Crippen LogP contribution in [-0.2, 0) is 14.4 Å². The summed E-state index contributed by atoms with van der Waals surface area (Å²) in [7, 11) is 0. The van der Waals surface area contributed by atoms with E-state index in [4.69, 9.17) is 0 Å². The minimum absolute atomic E-state index is 0. The average Bonchev–Trinajstić information content (AvgIpc) is 2.79. The van der Waals surface area contributed by atoms with Gasteiger partial charge in [0, 0.05) is 6.54 Å². The normalized spacial score (nSPS) is 30.6. The highest BCUT2D eigenvalue weighted by atomic mass is 35.5. The number of rotatable bonds is 4. The Kier molecular flexibility index (Phi) is 6.41. The molecule has 1 aliphatic carbocycles. The van der Waals surface area contributed by atoms with Crippen molar-refractivity contribution in [2.45, 2.75) is 38.5 Å². The Morgan fingerprint density at radius 2 is 1.74 bits per heavy atom. The number of hydrogen-bond donors (Lipinski definition) is 2. The second kappa shape index (κ2) is 8.11. The summed E-state index contributed by atoms with van der Waals surface area (Å²) in [5.74, 6) is -0.377. The largest absolute Gasteiger partial charge is 0.354 e. The summed E-state index contributed by atoms with van der Waals surface area (Å²) >= 11 is 0. The van der Waals surface area contributed by atoms with E-state index in [-0.39, 0.29) is 48.5 Å². The smallest absolute Gasteiger partial charge is 0.240 e. The van der Waals surface area contributed by atoms with Crippen LogP contribution in [0.3, 0.4) is 0 Å². The van der Waals surface area contributed by atoms with Crippen molar-refractivity contribution >= 4 is 30.1 Å². The van der Waals surface area contributed by atoms with Gasteiger partial charge in [-0.2, -0.15) is 0 Å². The number of carbonyl (C=O) groups excluding carboxylic acids is 3. The number of nitrogens with zero attached hydrogens (tertiary/aromatic N) is 1. The lowest BCUT2D eigenvalue weighted by molar-refractivity contribution is -0.143. The molecule has 2 saturated heterocycles. The number of hydrogen-bond acceptors (Lipinski definition) is 4.